The fourth-order valence-corrected chi connectivity index (χ4v) is 2.07. The van der Waals surface area contributed by atoms with Crippen LogP contribution in [-0.2, 0) is 0 Å². The second-order valence-electron chi connectivity index (χ2n) is 4.09. The van der Waals surface area contributed by atoms with Crippen LogP contribution in [0.4, 0.5) is 18.9 Å². The largest absolute Gasteiger partial charge is 0.362 e. The molecule has 0 spiro atoms. The molecule has 0 radical (unpaired) electrons. The molecule has 1 aliphatic heterocycles. The van der Waals surface area contributed by atoms with E-state index in [9.17, 15) is 13.2 Å². The second kappa shape index (κ2) is 5.03. The summed E-state index contributed by atoms with van der Waals surface area (Å²) in [6.45, 7) is 0.373. The van der Waals surface area contributed by atoms with E-state index in [1.807, 2.05) is 0 Å². The molecule has 1 aromatic rings. The Morgan fingerprint density at radius 2 is 1.68 bits per heavy atom. The number of benzene rings is 1. The number of nitrogens with zero attached hydrogens (tertiary/aromatic N) is 3. The molecule has 0 aliphatic carbocycles. The maximum Gasteiger partial charge on any atom is 0.152 e. The molecule has 0 saturated carbocycles. The molecule has 19 heavy (non-hydrogen) atoms. The van der Waals surface area contributed by atoms with E-state index in [4.69, 9.17) is 10.5 Å². The Balaban J connectivity index is 2.36. The van der Waals surface area contributed by atoms with Crippen molar-refractivity contribution in [1.82, 2.24) is 0 Å². The molecule has 1 heterocycles. The third-order valence-corrected chi connectivity index (χ3v) is 2.94. The first-order valence-corrected chi connectivity index (χ1v) is 5.48. The molecule has 0 amide bonds. The predicted octanol–water partition coefficient (Wildman–Crippen LogP) is 2.66. The molecule has 1 aromatic carbocycles. The van der Waals surface area contributed by atoms with Crippen LogP contribution in [0.15, 0.2) is 23.3 Å². The molecular formula is C13H8F3N3. The Bertz CT molecular complexity index is 599. The van der Waals surface area contributed by atoms with Crippen LogP contribution in [0.25, 0.3) is 0 Å². The van der Waals surface area contributed by atoms with Gasteiger partial charge in [-0.05, 0) is 12.0 Å². The summed E-state index contributed by atoms with van der Waals surface area (Å²) in [6, 6.07) is 4.71. The van der Waals surface area contributed by atoms with Gasteiger partial charge in [-0.3, -0.25) is 0 Å². The molecular weight excluding hydrogens is 255 g/mol. The zero-order valence-corrected chi connectivity index (χ0v) is 9.75. The summed E-state index contributed by atoms with van der Waals surface area (Å²) in [5, 5.41) is 17.5. The Hall–Kier alpha value is -2.47. The van der Waals surface area contributed by atoms with Gasteiger partial charge in [-0.25, -0.2) is 13.2 Å². The van der Waals surface area contributed by atoms with Crippen LogP contribution in [0.1, 0.15) is 6.42 Å². The fraction of sp³-hybridized carbons (Fsp3) is 0.231. The Morgan fingerprint density at radius 3 is 2.21 bits per heavy atom. The predicted molar refractivity (Wildman–Crippen MR) is 61.4 cm³/mol. The maximum atomic E-state index is 13.6. The number of rotatable bonds is 1. The summed E-state index contributed by atoms with van der Waals surface area (Å²) in [7, 11) is 0. The Kier molecular flexibility index (Phi) is 3.43. The van der Waals surface area contributed by atoms with Gasteiger partial charge in [0.15, 0.2) is 11.6 Å². The van der Waals surface area contributed by atoms with E-state index in [1.54, 1.807) is 12.1 Å². The summed E-state index contributed by atoms with van der Waals surface area (Å²) >= 11 is 0. The first kappa shape index (κ1) is 13.0. The highest BCUT2D eigenvalue weighted by atomic mass is 19.1. The first-order valence-electron chi connectivity index (χ1n) is 5.48. The van der Waals surface area contributed by atoms with Crippen molar-refractivity contribution in [3.05, 3.63) is 40.7 Å². The van der Waals surface area contributed by atoms with E-state index in [-0.39, 0.29) is 24.4 Å². The van der Waals surface area contributed by atoms with E-state index in [1.165, 1.54) is 4.90 Å². The molecule has 1 aliphatic rings. The van der Waals surface area contributed by atoms with Gasteiger partial charge in [0, 0.05) is 25.2 Å². The van der Waals surface area contributed by atoms with E-state index in [2.05, 4.69) is 0 Å². The van der Waals surface area contributed by atoms with Crippen LogP contribution in [0.2, 0.25) is 0 Å². The standard InChI is InChI=1S/C13H8F3N3/c14-10-3-11(15)13(12(16)4-10)19-2-1-8(7-19)9(5-17)6-18/h3-4H,1-2,7H2. The lowest BCUT2D eigenvalue weighted by Crippen LogP contribution is -2.21. The van der Waals surface area contributed by atoms with Crippen molar-refractivity contribution in [1.29, 1.82) is 10.5 Å². The number of anilines is 1. The van der Waals surface area contributed by atoms with E-state index >= 15 is 0 Å². The van der Waals surface area contributed by atoms with Crippen LogP contribution in [-0.4, -0.2) is 13.1 Å². The highest BCUT2D eigenvalue weighted by molar-refractivity contribution is 5.55. The SMILES string of the molecule is N#CC(C#N)=C1CCN(c2c(F)cc(F)cc2F)C1. The molecule has 96 valence electrons. The van der Waals surface area contributed by atoms with E-state index in [0.29, 0.717) is 24.1 Å². The fourth-order valence-electron chi connectivity index (χ4n) is 2.07. The van der Waals surface area contributed by atoms with Crippen LogP contribution >= 0.6 is 0 Å². The summed E-state index contributed by atoms with van der Waals surface area (Å²) in [5.74, 6) is -2.97. The summed E-state index contributed by atoms with van der Waals surface area (Å²) in [4.78, 5) is 1.36. The molecule has 1 fully saturated rings. The van der Waals surface area contributed by atoms with Gasteiger partial charge in [0.05, 0.1) is 0 Å². The van der Waals surface area contributed by atoms with Gasteiger partial charge in [0.2, 0.25) is 0 Å². The van der Waals surface area contributed by atoms with Crippen molar-refractivity contribution in [2.24, 2.45) is 0 Å². The lowest BCUT2D eigenvalue weighted by atomic mass is 10.1. The van der Waals surface area contributed by atoms with Gasteiger partial charge in [-0.1, -0.05) is 0 Å². The highest BCUT2D eigenvalue weighted by Crippen LogP contribution is 2.30. The van der Waals surface area contributed by atoms with Crippen molar-refractivity contribution >= 4 is 5.69 Å². The lowest BCUT2D eigenvalue weighted by molar-refractivity contribution is 0.541. The summed E-state index contributed by atoms with van der Waals surface area (Å²) < 4.78 is 40.0. The third-order valence-electron chi connectivity index (χ3n) is 2.94. The summed E-state index contributed by atoms with van der Waals surface area (Å²) in [6.07, 6.45) is 0.382. The second-order valence-corrected chi connectivity index (χ2v) is 4.09. The molecule has 0 N–H and O–H groups in total. The van der Waals surface area contributed by atoms with Crippen molar-refractivity contribution < 1.29 is 13.2 Å². The Morgan fingerprint density at radius 1 is 1.11 bits per heavy atom. The first-order chi connectivity index (χ1) is 9.06. The molecule has 1 saturated heterocycles. The number of hydrogen-bond donors (Lipinski definition) is 0. The van der Waals surface area contributed by atoms with Crippen LogP contribution in [0.5, 0.6) is 0 Å². The highest BCUT2D eigenvalue weighted by Gasteiger charge is 2.25. The van der Waals surface area contributed by atoms with Crippen molar-refractivity contribution in [2.75, 3.05) is 18.0 Å². The molecule has 0 aromatic heterocycles. The topological polar surface area (TPSA) is 50.8 Å². The molecule has 0 unspecified atom stereocenters. The maximum absolute atomic E-state index is 13.6. The van der Waals surface area contributed by atoms with E-state index in [0.717, 1.165) is 0 Å². The summed E-state index contributed by atoms with van der Waals surface area (Å²) in [5.41, 5.74) is 0.171. The minimum absolute atomic E-state index is 0.0366. The molecule has 0 atom stereocenters. The zero-order valence-electron chi connectivity index (χ0n) is 9.75. The van der Waals surface area contributed by atoms with Gasteiger partial charge in [0.1, 0.15) is 29.2 Å². The minimum atomic E-state index is -0.991. The molecule has 3 nitrogen and oxygen atoms in total. The minimum Gasteiger partial charge on any atom is -0.362 e. The Labute approximate surface area is 107 Å². The molecule has 2 rings (SSSR count). The molecule has 0 bridgehead atoms. The number of allylic oxidation sites excluding steroid dienone is 1. The van der Waals surface area contributed by atoms with E-state index < -0.39 is 17.5 Å². The monoisotopic (exact) mass is 263 g/mol. The number of halogens is 3. The van der Waals surface area contributed by atoms with Crippen molar-refractivity contribution in [2.45, 2.75) is 6.42 Å². The van der Waals surface area contributed by atoms with Gasteiger partial charge in [0.25, 0.3) is 0 Å². The smallest absolute Gasteiger partial charge is 0.152 e. The number of hydrogen-bond acceptors (Lipinski definition) is 3. The number of nitriles is 2. The van der Waals surface area contributed by atoms with Gasteiger partial charge in [-0.15, -0.1) is 0 Å². The van der Waals surface area contributed by atoms with Gasteiger partial charge in [-0.2, -0.15) is 10.5 Å². The third kappa shape index (κ3) is 2.38. The van der Waals surface area contributed by atoms with Crippen molar-refractivity contribution in [3.63, 3.8) is 0 Å². The van der Waals surface area contributed by atoms with Crippen LogP contribution in [0, 0.1) is 40.1 Å². The quantitative estimate of drug-likeness (QED) is 0.732. The van der Waals surface area contributed by atoms with Gasteiger partial charge < -0.3 is 4.90 Å². The van der Waals surface area contributed by atoms with Crippen LogP contribution < -0.4 is 4.90 Å². The zero-order chi connectivity index (χ0) is 14.0. The van der Waals surface area contributed by atoms with Gasteiger partial charge >= 0.3 is 0 Å². The van der Waals surface area contributed by atoms with Crippen molar-refractivity contribution in [3.8, 4) is 12.1 Å². The average Bonchev–Trinajstić information content (AvgIpc) is 2.78. The average molecular weight is 263 g/mol. The van der Waals surface area contributed by atoms with Crippen LogP contribution in [0.3, 0.4) is 0 Å². The molecule has 6 heteroatoms. The lowest BCUT2D eigenvalue weighted by Gasteiger charge is -2.18. The normalized spacial score (nSPS) is 14.2.